The smallest absolute Gasteiger partial charge is 0.346 e. The van der Waals surface area contributed by atoms with Gasteiger partial charge >= 0.3 is 5.97 Å². The van der Waals surface area contributed by atoms with Crippen LogP contribution in [0, 0.1) is 17.2 Å². The maximum absolute atomic E-state index is 12.5. The van der Waals surface area contributed by atoms with E-state index >= 15 is 0 Å². The molecule has 0 spiro atoms. The van der Waals surface area contributed by atoms with E-state index in [1.807, 2.05) is 51.4 Å². The molecule has 0 saturated heterocycles. The topological polar surface area (TPSA) is 122 Å². The zero-order chi connectivity index (χ0) is 69.3. The second-order valence-electron chi connectivity index (χ2n) is 26.8. The lowest BCUT2D eigenvalue weighted by Gasteiger charge is -2.19. The highest BCUT2D eigenvalue weighted by atomic mass is 32.1. The first-order valence-electron chi connectivity index (χ1n) is 37.2. The number of aromatic nitrogens is 4. The first-order chi connectivity index (χ1) is 48.6. The van der Waals surface area contributed by atoms with Gasteiger partial charge in [-0.05, 0) is 194 Å². The highest BCUT2D eigenvalue weighted by Crippen LogP contribution is 2.46. The number of nitriles is 1. The largest absolute Gasteiger partial charge is 0.492 e. The lowest BCUT2D eigenvalue weighted by molar-refractivity contribution is -0.132. The fourth-order valence-corrected chi connectivity index (χ4v) is 19.7. The molecule has 1 N–H and O–H groups in total. The van der Waals surface area contributed by atoms with E-state index in [2.05, 4.69) is 150 Å². The molecule has 1 atom stereocenters. The van der Waals surface area contributed by atoms with Gasteiger partial charge in [0.25, 0.3) is 0 Å². The summed E-state index contributed by atoms with van der Waals surface area (Å²) in [4.78, 5) is 21.7. The van der Waals surface area contributed by atoms with Gasteiger partial charge in [-0.25, -0.2) is 4.79 Å². The van der Waals surface area contributed by atoms with E-state index < -0.39 is 5.97 Å². The molecule has 0 radical (unpaired) electrons. The number of thiophene rings is 5. The van der Waals surface area contributed by atoms with Crippen molar-refractivity contribution in [2.45, 2.75) is 235 Å². The molecule has 7 heterocycles. The lowest BCUT2D eigenvalue weighted by atomic mass is 9.98. The molecule has 0 aliphatic carbocycles. The van der Waals surface area contributed by atoms with Crippen LogP contribution in [-0.4, -0.2) is 35.2 Å². The fraction of sp³-hybridized carbons (Fsp3) is 0.452. The number of nitrogens with zero attached hydrogens (tertiary/aromatic N) is 5. The number of carbonyl (C=O) groups is 1. The first-order valence-corrected chi connectivity index (χ1v) is 42.8. The zero-order valence-corrected chi connectivity index (χ0v) is 65.3. The van der Waals surface area contributed by atoms with Gasteiger partial charge in [0.1, 0.15) is 39.5 Å². The number of rotatable bonds is 43. The van der Waals surface area contributed by atoms with Crippen LogP contribution in [0.5, 0.6) is 5.75 Å². The molecule has 0 saturated carbocycles. The summed E-state index contributed by atoms with van der Waals surface area (Å²) in [6.45, 7) is 16.5. The van der Waals surface area contributed by atoms with Gasteiger partial charge in [-0.1, -0.05) is 188 Å². The van der Waals surface area contributed by atoms with Gasteiger partial charge in [0.2, 0.25) is 0 Å². The predicted octanol–water partition coefficient (Wildman–Crippen LogP) is 27.9. The number of fused-ring (bicyclic) bond motifs is 2. The molecule has 8 nitrogen and oxygen atoms in total. The van der Waals surface area contributed by atoms with E-state index in [-0.39, 0.29) is 5.57 Å². The van der Waals surface area contributed by atoms with Crippen molar-refractivity contribution < 1.29 is 14.6 Å². The van der Waals surface area contributed by atoms with E-state index in [1.54, 1.807) is 17.4 Å². The second-order valence-corrected chi connectivity index (χ2v) is 32.9. The molecular formula is C84H101N5O3S7. The van der Waals surface area contributed by atoms with Crippen molar-refractivity contribution in [3.05, 3.63) is 137 Å². The number of hydrogen-bond acceptors (Lipinski definition) is 14. The molecule has 1 unspecified atom stereocenters. The Balaban J connectivity index is 1.11. The van der Waals surface area contributed by atoms with Crippen LogP contribution in [0.3, 0.4) is 0 Å². The number of ether oxygens (including phenoxy) is 1. The number of hydrogen-bond donors (Lipinski definition) is 1. The Bertz CT molecular complexity index is 4130. The van der Waals surface area contributed by atoms with Crippen molar-refractivity contribution in [1.29, 1.82) is 5.26 Å². The SMILES string of the molecule is CCCCCCc1csc(-c2ccc(-c3cc(CCCCCC)c(/C=C/c4cc(-c5cc(CCCCCC)c(/C=C(\C#N)C(=O)O)s5)cc(/C=C/c5sc(-c6ccc(-c7cc(CCCCCC)cs7)c7nsnc67)cc5CCCCCC)c4OCC(CC)CCCC)s3)c3nsnc23)c1. The summed E-state index contributed by atoms with van der Waals surface area (Å²) in [6, 6.07) is 27.5. The highest BCUT2D eigenvalue weighted by Gasteiger charge is 2.23. The Hall–Kier alpha value is -6.22. The highest BCUT2D eigenvalue weighted by molar-refractivity contribution is 7.17. The number of benzene rings is 3. The van der Waals surface area contributed by atoms with Gasteiger partial charge in [0.15, 0.2) is 0 Å². The third-order valence-electron chi connectivity index (χ3n) is 19.2. The molecule has 10 rings (SSSR count). The molecule has 0 amide bonds. The number of aliphatic carboxylic acids is 1. The molecule has 0 fully saturated rings. The van der Waals surface area contributed by atoms with Gasteiger partial charge in [-0.3, -0.25) is 0 Å². The van der Waals surface area contributed by atoms with Crippen LogP contribution in [0.2, 0.25) is 0 Å². The number of carboxylic acid groups (broad SMARTS) is 1. The summed E-state index contributed by atoms with van der Waals surface area (Å²) >= 11 is 11.5. The third kappa shape index (κ3) is 20.3. The predicted molar refractivity (Wildman–Crippen MR) is 435 cm³/mol. The maximum atomic E-state index is 12.5. The Labute approximate surface area is 618 Å². The van der Waals surface area contributed by atoms with E-state index in [0.29, 0.717) is 12.5 Å². The third-order valence-corrected chi connectivity index (χ3v) is 25.8. The molecule has 7 aromatic heterocycles. The molecule has 3 aromatic carbocycles. The Morgan fingerprint density at radius 3 is 1.27 bits per heavy atom. The summed E-state index contributed by atoms with van der Waals surface area (Å²) in [5.74, 6) is 0.0208. The molecule has 0 bridgehead atoms. The minimum atomic E-state index is -1.21. The summed E-state index contributed by atoms with van der Waals surface area (Å²) in [5, 5.41) is 25.0. The molecular weight excluding hydrogens is 1350 g/mol. The Morgan fingerprint density at radius 2 is 0.869 bits per heavy atom. The fourth-order valence-electron chi connectivity index (χ4n) is 13.2. The normalized spacial score (nSPS) is 12.4. The molecule has 522 valence electrons. The first kappa shape index (κ1) is 75.4. The van der Waals surface area contributed by atoms with Crippen LogP contribution >= 0.6 is 80.1 Å². The van der Waals surface area contributed by atoms with Crippen LogP contribution in [-0.2, 0) is 36.9 Å². The van der Waals surface area contributed by atoms with Gasteiger partial charge < -0.3 is 9.84 Å². The second kappa shape index (κ2) is 39.3. The molecule has 0 aliphatic heterocycles. The van der Waals surface area contributed by atoms with Crippen molar-refractivity contribution in [3.8, 4) is 64.0 Å². The minimum absolute atomic E-state index is 0.260. The van der Waals surface area contributed by atoms with Gasteiger partial charge in [-0.2, -0.15) is 22.8 Å². The van der Waals surface area contributed by atoms with Crippen molar-refractivity contribution in [1.82, 2.24) is 17.5 Å². The van der Waals surface area contributed by atoms with Gasteiger partial charge in [-0.15, -0.1) is 56.7 Å². The van der Waals surface area contributed by atoms with Crippen molar-refractivity contribution >= 4 is 139 Å². The summed E-state index contributed by atoms with van der Waals surface area (Å²) in [5.41, 5.74) is 17.7. The molecule has 99 heavy (non-hydrogen) atoms. The summed E-state index contributed by atoms with van der Waals surface area (Å²) in [6.07, 6.45) is 43.9. The number of unbranched alkanes of at least 4 members (excludes halogenated alkanes) is 16. The monoisotopic (exact) mass is 1450 g/mol. The average molecular weight is 1450 g/mol. The summed E-state index contributed by atoms with van der Waals surface area (Å²) < 4.78 is 27.4. The van der Waals surface area contributed by atoms with E-state index in [4.69, 9.17) is 22.2 Å². The molecule has 0 aliphatic rings. The van der Waals surface area contributed by atoms with Gasteiger partial charge in [0, 0.05) is 72.4 Å². The van der Waals surface area contributed by atoms with E-state index in [1.165, 1.54) is 165 Å². The van der Waals surface area contributed by atoms with Crippen LogP contribution < -0.4 is 4.74 Å². The minimum Gasteiger partial charge on any atom is -0.492 e. The zero-order valence-electron chi connectivity index (χ0n) is 59.5. The van der Waals surface area contributed by atoms with Crippen LogP contribution in [0.15, 0.2) is 83.1 Å². The van der Waals surface area contributed by atoms with Crippen LogP contribution in [0.4, 0.5) is 0 Å². The van der Waals surface area contributed by atoms with Gasteiger partial charge in [0.05, 0.1) is 30.1 Å². The van der Waals surface area contributed by atoms with Crippen molar-refractivity contribution in [2.75, 3.05) is 6.61 Å². The van der Waals surface area contributed by atoms with E-state index in [9.17, 15) is 15.2 Å². The maximum Gasteiger partial charge on any atom is 0.346 e. The van der Waals surface area contributed by atoms with Crippen LogP contribution in [0.1, 0.15) is 256 Å². The Morgan fingerprint density at radius 1 is 0.475 bits per heavy atom. The quantitative estimate of drug-likeness (QED) is 0.0228. The van der Waals surface area contributed by atoms with Crippen LogP contribution in [0.25, 0.3) is 105 Å². The Kier molecular flexibility index (Phi) is 29.9. The van der Waals surface area contributed by atoms with Crippen molar-refractivity contribution in [2.24, 2.45) is 5.92 Å². The number of carboxylic acids is 1. The molecule has 15 heteroatoms. The van der Waals surface area contributed by atoms with E-state index in [0.717, 1.165) is 178 Å². The summed E-state index contributed by atoms with van der Waals surface area (Å²) in [7, 11) is 0. The molecule has 10 aromatic rings. The average Bonchev–Trinajstić information content (AvgIpc) is 1.54. The number of aryl methyl sites for hydroxylation is 5. The van der Waals surface area contributed by atoms with Crippen molar-refractivity contribution in [3.63, 3.8) is 0 Å². The lowest BCUT2D eigenvalue weighted by Crippen LogP contribution is -2.12. The standard InChI is InChI=1S/C84H101N5O3S7/c1-8-15-21-26-32-58-45-75(93-55-58)67-39-41-69(81-79(67)86-98-88-81)77-50-60(34-28-23-17-10-3)71(95-77)43-37-63-47-65(74-49-62(36-30-25-19-12-5)73(97-74)52-66(53-85)84(90)91)48-64(83(63)92-54-57(14-7)31-20-13-6)38-44-72-61(35-29-24-18-11-4)51-78(96-72)70-42-40-68(80-82(70)89-99-87-80)76-46-59(56-94-76)33-27-22-16-9-2/h37-52,55-57H,8-36,54H2,1-7H3,(H,90,91)/b43-37+,44-38+,66-52+.